The van der Waals surface area contributed by atoms with Crippen molar-refractivity contribution < 1.29 is 9.53 Å². The average molecular weight is 479 g/mol. The van der Waals surface area contributed by atoms with Crippen LogP contribution in [0.4, 0.5) is 0 Å². The zero-order valence-corrected chi connectivity index (χ0v) is 20.1. The van der Waals surface area contributed by atoms with Gasteiger partial charge in [0.25, 0.3) is 0 Å². The summed E-state index contributed by atoms with van der Waals surface area (Å²) in [5, 5.41) is 14.1. The first-order chi connectivity index (χ1) is 16.4. The minimum atomic E-state index is -0.147. The van der Waals surface area contributed by atoms with Gasteiger partial charge in [-0.2, -0.15) is 10.4 Å². The van der Waals surface area contributed by atoms with Gasteiger partial charge >= 0.3 is 0 Å². The molecule has 0 amide bonds. The summed E-state index contributed by atoms with van der Waals surface area (Å²) >= 11 is 6.22. The molecule has 2 aromatic heterocycles. The molecule has 176 valence electrons. The molecule has 1 saturated carbocycles. The number of hydrogen-bond acceptors (Lipinski definition) is 7. The van der Waals surface area contributed by atoms with Gasteiger partial charge < -0.3 is 9.64 Å². The molecule has 1 atom stereocenters. The normalized spacial score (nSPS) is 24.4. The summed E-state index contributed by atoms with van der Waals surface area (Å²) in [6.07, 6.45) is 6.11. The Balaban J connectivity index is 1.28. The van der Waals surface area contributed by atoms with E-state index in [1.54, 1.807) is 12.4 Å². The number of Topliss-reactive ketones (excluding diaryl/α,β-unsaturated/α-hetero) is 1. The number of aliphatic imine (C=N–C) groups is 1. The third kappa shape index (κ3) is 4.32. The van der Waals surface area contributed by atoms with Crippen molar-refractivity contribution in [3.63, 3.8) is 0 Å². The quantitative estimate of drug-likeness (QED) is 0.628. The zero-order chi connectivity index (χ0) is 23.8. The van der Waals surface area contributed by atoms with E-state index in [-0.39, 0.29) is 29.4 Å². The van der Waals surface area contributed by atoms with Crippen LogP contribution >= 0.6 is 11.6 Å². The van der Waals surface area contributed by atoms with E-state index < -0.39 is 0 Å². The number of likely N-dealkylation sites (tertiary alicyclic amines) is 1. The lowest BCUT2D eigenvalue weighted by Crippen LogP contribution is -2.28. The van der Waals surface area contributed by atoms with Crippen LogP contribution in [0.15, 0.2) is 34.1 Å². The first-order valence-electron chi connectivity index (χ1n) is 11.7. The van der Waals surface area contributed by atoms with Crippen LogP contribution in [-0.4, -0.2) is 57.4 Å². The monoisotopic (exact) mass is 478 g/mol. The van der Waals surface area contributed by atoms with Crippen LogP contribution in [0.25, 0.3) is 11.1 Å². The van der Waals surface area contributed by atoms with Crippen molar-refractivity contribution in [3.05, 3.63) is 40.4 Å². The third-order valence-corrected chi connectivity index (χ3v) is 7.35. The molecule has 0 unspecified atom stereocenters. The smallest absolute Gasteiger partial charge is 0.214 e. The van der Waals surface area contributed by atoms with Gasteiger partial charge in [0.15, 0.2) is 5.78 Å². The SMILES string of the molecule is Cc1nn(CC2CC(C#N)C2)c(C)c1-c1ccnc(O[C@@H]2CCN(C3=C(Cl)C(=O)CN=C3)C2)c1. The lowest BCUT2D eigenvalue weighted by molar-refractivity contribution is -0.113. The molecular weight excluding hydrogens is 452 g/mol. The van der Waals surface area contributed by atoms with E-state index in [1.165, 1.54) is 0 Å². The summed E-state index contributed by atoms with van der Waals surface area (Å²) in [6, 6.07) is 6.31. The van der Waals surface area contributed by atoms with Gasteiger partial charge in [0, 0.05) is 55.2 Å². The highest BCUT2D eigenvalue weighted by Gasteiger charge is 2.31. The predicted molar refractivity (Wildman–Crippen MR) is 129 cm³/mol. The second-order valence-corrected chi connectivity index (χ2v) is 9.72. The fourth-order valence-electron chi connectivity index (χ4n) is 5.07. The van der Waals surface area contributed by atoms with Crippen molar-refractivity contribution in [2.24, 2.45) is 16.8 Å². The fraction of sp³-hybridized carbons (Fsp3) is 0.480. The molecule has 0 bridgehead atoms. The number of hydrogen-bond donors (Lipinski definition) is 0. The molecular formula is C25H27ClN6O2. The Kier molecular flexibility index (Phi) is 6.13. The van der Waals surface area contributed by atoms with Crippen LogP contribution in [0.2, 0.25) is 0 Å². The molecule has 5 rings (SSSR count). The predicted octanol–water partition coefficient (Wildman–Crippen LogP) is 3.67. The van der Waals surface area contributed by atoms with E-state index in [4.69, 9.17) is 26.7 Å². The summed E-state index contributed by atoms with van der Waals surface area (Å²) < 4.78 is 8.29. The molecule has 3 aliphatic rings. The highest BCUT2D eigenvalue weighted by molar-refractivity contribution is 6.44. The highest BCUT2D eigenvalue weighted by Crippen LogP contribution is 2.36. The highest BCUT2D eigenvalue weighted by atomic mass is 35.5. The number of dihydropyridines is 1. The first kappa shape index (κ1) is 22.6. The third-order valence-electron chi connectivity index (χ3n) is 6.95. The minimum absolute atomic E-state index is 0.0539. The number of carbonyl (C=O) groups is 1. The van der Waals surface area contributed by atoms with E-state index in [0.29, 0.717) is 24.0 Å². The Morgan fingerprint density at radius 3 is 2.94 bits per heavy atom. The summed E-state index contributed by atoms with van der Waals surface area (Å²) in [4.78, 5) is 22.5. The van der Waals surface area contributed by atoms with Gasteiger partial charge in [0.05, 0.1) is 24.0 Å². The Morgan fingerprint density at radius 2 is 2.15 bits per heavy atom. The van der Waals surface area contributed by atoms with Crippen molar-refractivity contribution in [3.8, 4) is 23.1 Å². The molecule has 0 aromatic carbocycles. The second kappa shape index (κ2) is 9.22. The van der Waals surface area contributed by atoms with E-state index >= 15 is 0 Å². The Labute approximate surface area is 203 Å². The topological polar surface area (TPSA) is 96.4 Å². The molecule has 8 nitrogen and oxygen atoms in total. The minimum Gasteiger partial charge on any atom is -0.472 e. The Morgan fingerprint density at radius 1 is 1.32 bits per heavy atom. The molecule has 0 spiro atoms. The van der Waals surface area contributed by atoms with Gasteiger partial charge in [-0.05, 0) is 44.2 Å². The summed E-state index contributed by atoms with van der Waals surface area (Å²) in [7, 11) is 0. The number of halogens is 1. The van der Waals surface area contributed by atoms with Gasteiger partial charge in [-0.1, -0.05) is 11.6 Å². The number of aromatic nitrogens is 3. The number of carbonyl (C=O) groups excluding carboxylic acids is 1. The van der Waals surface area contributed by atoms with Gasteiger partial charge in [-0.15, -0.1) is 0 Å². The summed E-state index contributed by atoms with van der Waals surface area (Å²) in [6.45, 7) is 6.45. The summed E-state index contributed by atoms with van der Waals surface area (Å²) in [5.41, 5.74) is 4.90. The molecule has 0 N–H and O–H groups in total. The molecule has 1 aliphatic carbocycles. The zero-order valence-electron chi connectivity index (χ0n) is 19.4. The van der Waals surface area contributed by atoms with Crippen LogP contribution in [-0.2, 0) is 11.3 Å². The molecule has 1 saturated heterocycles. The van der Waals surface area contributed by atoms with E-state index in [1.807, 2.05) is 24.0 Å². The number of ketones is 1. The molecule has 2 aliphatic heterocycles. The van der Waals surface area contributed by atoms with Crippen molar-refractivity contribution in [1.82, 2.24) is 19.7 Å². The van der Waals surface area contributed by atoms with Crippen LogP contribution < -0.4 is 4.74 Å². The number of aryl methyl sites for hydroxylation is 1. The molecule has 0 radical (unpaired) electrons. The second-order valence-electron chi connectivity index (χ2n) is 9.34. The van der Waals surface area contributed by atoms with Crippen molar-refractivity contribution >= 4 is 23.6 Å². The lowest BCUT2D eigenvalue weighted by Gasteiger charge is -2.30. The van der Waals surface area contributed by atoms with Crippen LogP contribution in [0.3, 0.4) is 0 Å². The Hall–Kier alpha value is -3.18. The fourth-order valence-corrected chi connectivity index (χ4v) is 5.30. The van der Waals surface area contributed by atoms with Gasteiger partial charge in [0.1, 0.15) is 17.7 Å². The lowest BCUT2D eigenvalue weighted by atomic mass is 9.76. The maximum atomic E-state index is 11.9. The van der Waals surface area contributed by atoms with Crippen LogP contribution in [0.1, 0.15) is 30.7 Å². The van der Waals surface area contributed by atoms with Crippen molar-refractivity contribution in [1.29, 1.82) is 5.26 Å². The Bertz CT molecular complexity index is 1220. The maximum absolute atomic E-state index is 11.9. The average Bonchev–Trinajstić information content (AvgIpc) is 3.36. The van der Waals surface area contributed by atoms with Crippen LogP contribution in [0.5, 0.6) is 5.88 Å². The number of nitriles is 1. The number of allylic oxidation sites excluding steroid dienone is 1. The standard InChI is InChI=1S/C25H27ClN6O2/c1-15-24(16(2)32(30-15)13-18-7-17(8-18)10-27)19-3-5-29-23(9-19)34-20-4-6-31(14-20)21-11-28-12-22(33)25(21)26/h3,5,9,11,17-18,20H,4,6-8,12-14H2,1-2H3/t17?,18?,20-/m1/s1. The van der Waals surface area contributed by atoms with Gasteiger partial charge in [-0.25, -0.2) is 4.98 Å². The molecule has 34 heavy (non-hydrogen) atoms. The van der Waals surface area contributed by atoms with E-state index in [2.05, 4.69) is 27.7 Å². The number of rotatable bonds is 6. The largest absolute Gasteiger partial charge is 0.472 e. The van der Waals surface area contributed by atoms with Gasteiger partial charge in [-0.3, -0.25) is 14.5 Å². The number of ether oxygens (including phenoxy) is 1. The molecule has 2 aromatic rings. The number of nitrogens with zero attached hydrogens (tertiary/aromatic N) is 6. The molecule has 4 heterocycles. The first-order valence-corrected chi connectivity index (χ1v) is 12.0. The summed E-state index contributed by atoms with van der Waals surface area (Å²) in [5.74, 6) is 1.14. The molecule has 2 fully saturated rings. The van der Waals surface area contributed by atoms with E-state index in [9.17, 15) is 4.79 Å². The van der Waals surface area contributed by atoms with Crippen molar-refractivity contribution in [2.45, 2.75) is 45.8 Å². The van der Waals surface area contributed by atoms with Gasteiger partial charge in [0.2, 0.25) is 5.88 Å². The van der Waals surface area contributed by atoms with Crippen molar-refractivity contribution in [2.75, 3.05) is 19.6 Å². The molecule has 9 heteroatoms. The van der Waals surface area contributed by atoms with Crippen LogP contribution in [0, 0.1) is 37.0 Å². The number of pyridine rings is 1. The maximum Gasteiger partial charge on any atom is 0.214 e. The van der Waals surface area contributed by atoms with E-state index in [0.717, 1.165) is 54.9 Å².